The number of nitrogens with one attached hydrogen (secondary N) is 1. The molecule has 2 aromatic carbocycles. The number of carbonyl (C=O) groups excluding carboxylic acids is 2. The lowest BCUT2D eigenvalue weighted by atomic mass is 10.1. The van der Waals surface area contributed by atoms with Gasteiger partial charge < -0.3 is 10.1 Å². The summed E-state index contributed by atoms with van der Waals surface area (Å²) < 4.78 is 5.32. The van der Waals surface area contributed by atoms with Crippen LogP contribution in [0, 0.1) is 20.8 Å². The summed E-state index contributed by atoms with van der Waals surface area (Å²) in [5.74, 6) is 0.276. The first-order chi connectivity index (χ1) is 14.3. The lowest BCUT2D eigenvalue weighted by Gasteiger charge is -2.14. The molecule has 7 heteroatoms. The third-order valence-corrected chi connectivity index (χ3v) is 6.09. The van der Waals surface area contributed by atoms with Crippen molar-refractivity contribution in [3.63, 3.8) is 0 Å². The van der Waals surface area contributed by atoms with E-state index in [1.807, 2.05) is 64.1 Å². The Labute approximate surface area is 181 Å². The van der Waals surface area contributed by atoms with Crippen molar-refractivity contribution < 1.29 is 14.3 Å². The van der Waals surface area contributed by atoms with E-state index in [-0.39, 0.29) is 18.2 Å². The van der Waals surface area contributed by atoms with Gasteiger partial charge in [0.1, 0.15) is 11.0 Å². The average Bonchev–Trinajstić information content (AvgIpc) is 2.99. The number of anilines is 1. The molecule has 1 aliphatic rings. The maximum Gasteiger partial charge on any atom is 0.242 e. The van der Waals surface area contributed by atoms with E-state index in [1.54, 1.807) is 12.0 Å². The molecule has 1 unspecified atom stereocenters. The van der Waals surface area contributed by atoms with Crippen LogP contribution >= 0.6 is 11.8 Å². The van der Waals surface area contributed by atoms with E-state index in [1.165, 1.54) is 11.8 Å². The molecule has 0 radical (unpaired) electrons. The summed E-state index contributed by atoms with van der Waals surface area (Å²) in [4.78, 5) is 31.9. The van der Waals surface area contributed by atoms with Crippen LogP contribution < -0.4 is 10.1 Å². The maximum absolute atomic E-state index is 12.9. The van der Waals surface area contributed by atoms with Crippen LogP contribution in [0.4, 0.5) is 11.4 Å². The number of methoxy groups -OCH3 is 1. The van der Waals surface area contributed by atoms with Crippen LogP contribution in [0.5, 0.6) is 5.75 Å². The van der Waals surface area contributed by atoms with E-state index in [0.717, 1.165) is 22.4 Å². The number of hydrogen-bond acceptors (Lipinski definition) is 5. The number of aliphatic imine (C=N–C) groups is 1. The zero-order valence-electron chi connectivity index (χ0n) is 18.0. The van der Waals surface area contributed by atoms with Gasteiger partial charge in [0.05, 0.1) is 18.5 Å². The second-order valence-electron chi connectivity index (χ2n) is 7.33. The zero-order chi connectivity index (χ0) is 21.8. The number of nitrogens with zero attached hydrogens (tertiary/aromatic N) is 2. The molecule has 0 saturated carbocycles. The van der Waals surface area contributed by atoms with Gasteiger partial charge in [0.15, 0.2) is 5.17 Å². The van der Waals surface area contributed by atoms with Gasteiger partial charge in [-0.1, -0.05) is 30.0 Å². The topological polar surface area (TPSA) is 71.0 Å². The fourth-order valence-electron chi connectivity index (χ4n) is 3.25. The normalized spacial score (nSPS) is 17.5. The monoisotopic (exact) mass is 425 g/mol. The number of rotatable bonds is 6. The van der Waals surface area contributed by atoms with Gasteiger partial charge >= 0.3 is 0 Å². The average molecular weight is 426 g/mol. The summed E-state index contributed by atoms with van der Waals surface area (Å²) in [6.07, 6.45) is 0.0723. The molecule has 1 atom stereocenters. The lowest BCUT2D eigenvalue weighted by Crippen LogP contribution is -2.33. The van der Waals surface area contributed by atoms with Crippen LogP contribution in [0.15, 0.2) is 41.4 Å². The van der Waals surface area contributed by atoms with Gasteiger partial charge in [-0.15, -0.1) is 0 Å². The Kier molecular flexibility index (Phi) is 6.82. The van der Waals surface area contributed by atoms with Crippen LogP contribution in [0.2, 0.25) is 0 Å². The van der Waals surface area contributed by atoms with Crippen molar-refractivity contribution in [2.75, 3.05) is 19.0 Å². The van der Waals surface area contributed by atoms with Crippen LogP contribution in [-0.2, 0) is 9.59 Å². The second-order valence-corrected chi connectivity index (χ2v) is 8.50. The number of carbonyl (C=O) groups is 2. The summed E-state index contributed by atoms with van der Waals surface area (Å²) in [5, 5.41) is 3.02. The van der Waals surface area contributed by atoms with Crippen molar-refractivity contribution in [1.82, 2.24) is 4.90 Å². The molecule has 0 bridgehead atoms. The number of benzene rings is 2. The number of aryl methyl sites for hydroxylation is 3. The minimum absolute atomic E-state index is 0.0723. The predicted octanol–water partition coefficient (Wildman–Crippen LogP) is 4.60. The van der Waals surface area contributed by atoms with Crippen LogP contribution in [0.1, 0.15) is 30.0 Å². The van der Waals surface area contributed by atoms with E-state index in [2.05, 4.69) is 5.32 Å². The Morgan fingerprint density at radius 1 is 1.17 bits per heavy atom. The smallest absolute Gasteiger partial charge is 0.242 e. The molecule has 1 fully saturated rings. The molecule has 0 aromatic heterocycles. The van der Waals surface area contributed by atoms with Crippen LogP contribution in [0.25, 0.3) is 0 Å². The first kappa shape index (κ1) is 21.9. The molecule has 1 N–H and O–H groups in total. The summed E-state index contributed by atoms with van der Waals surface area (Å²) in [7, 11) is 1.56. The van der Waals surface area contributed by atoms with E-state index in [4.69, 9.17) is 9.73 Å². The van der Waals surface area contributed by atoms with Gasteiger partial charge in [0.25, 0.3) is 0 Å². The number of amidine groups is 1. The summed E-state index contributed by atoms with van der Waals surface area (Å²) in [6, 6.07) is 11.6. The molecule has 6 nitrogen and oxygen atoms in total. The Hall–Kier alpha value is -2.80. The molecule has 30 heavy (non-hydrogen) atoms. The van der Waals surface area contributed by atoms with E-state index in [9.17, 15) is 9.59 Å². The van der Waals surface area contributed by atoms with Gasteiger partial charge in [-0.2, -0.15) is 0 Å². The number of ether oxygens (including phenoxy) is 1. The molecule has 2 aromatic rings. The van der Waals surface area contributed by atoms with E-state index >= 15 is 0 Å². The van der Waals surface area contributed by atoms with Crippen molar-refractivity contribution in [3.8, 4) is 5.75 Å². The standard InChI is InChI=1S/C23H27N3O3S/c1-6-26-22(28)20(30-23(26)25-17-11-14(2)7-9-16(17)4)13-21(27)24-18-12-15(3)8-10-19(18)29-5/h7-12,20H,6,13H2,1-5H3,(H,24,27). The SMILES string of the molecule is CCN1C(=O)C(CC(=O)Nc2cc(C)ccc2OC)SC1=Nc1cc(C)ccc1C. The summed E-state index contributed by atoms with van der Waals surface area (Å²) in [5.41, 5.74) is 4.62. The Bertz CT molecular complexity index is 1000. The Morgan fingerprint density at radius 3 is 2.57 bits per heavy atom. The van der Waals surface area contributed by atoms with Gasteiger partial charge in [0, 0.05) is 13.0 Å². The Morgan fingerprint density at radius 2 is 1.87 bits per heavy atom. The first-order valence-electron chi connectivity index (χ1n) is 9.90. The molecule has 1 heterocycles. The van der Waals surface area contributed by atoms with Crippen LogP contribution in [0.3, 0.4) is 0 Å². The first-order valence-corrected chi connectivity index (χ1v) is 10.8. The molecule has 0 aliphatic carbocycles. The third kappa shape index (κ3) is 4.84. The number of hydrogen-bond donors (Lipinski definition) is 1. The molecule has 3 rings (SSSR count). The zero-order valence-corrected chi connectivity index (χ0v) is 18.8. The van der Waals surface area contributed by atoms with Crippen molar-refractivity contribution in [2.45, 2.75) is 39.4 Å². The highest BCUT2D eigenvalue weighted by molar-refractivity contribution is 8.15. The number of thioether (sulfide) groups is 1. The third-order valence-electron chi connectivity index (χ3n) is 4.92. The number of amides is 2. The molecule has 0 spiro atoms. The largest absolute Gasteiger partial charge is 0.495 e. The minimum atomic E-state index is -0.496. The minimum Gasteiger partial charge on any atom is -0.495 e. The summed E-state index contributed by atoms with van der Waals surface area (Å²) >= 11 is 1.35. The highest BCUT2D eigenvalue weighted by Gasteiger charge is 2.38. The van der Waals surface area contributed by atoms with Crippen molar-refractivity contribution in [3.05, 3.63) is 53.1 Å². The fourth-order valence-corrected chi connectivity index (χ4v) is 4.46. The van der Waals surface area contributed by atoms with Gasteiger partial charge in [-0.25, -0.2) is 4.99 Å². The maximum atomic E-state index is 12.9. The van der Waals surface area contributed by atoms with Crippen molar-refractivity contribution in [2.24, 2.45) is 4.99 Å². The van der Waals surface area contributed by atoms with Gasteiger partial charge in [-0.05, 0) is 62.6 Å². The fraction of sp³-hybridized carbons (Fsp3) is 0.348. The van der Waals surface area contributed by atoms with Crippen LogP contribution in [-0.4, -0.2) is 40.8 Å². The van der Waals surface area contributed by atoms with Crippen molar-refractivity contribution >= 4 is 40.1 Å². The molecular formula is C23H27N3O3S. The molecular weight excluding hydrogens is 398 g/mol. The molecule has 1 aliphatic heterocycles. The van der Waals surface area contributed by atoms with Gasteiger partial charge in [0.2, 0.25) is 11.8 Å². The van der Waals surface area contributed by atoms with Crippen molar-refractivity contribution in [1.29, 1.82) is 0 Å². The lowest BCUT2D eigenvalue weighted by molar-refractivity contribution is -0.128. The highest BCUT2D eigenvalue weighted by atomic mass is 32.2. The molecule has 1 saturated heterocycles. The highest BCUT2D eigenvalue weighted by Crippen LogP contribution is 2.33. The second kappa shape index (κ2) is 9.34. The van der Waals surface area contributed by atoms with Gasteiger partial charge in [-0.3, -0.25) is 14.5 Å². The molecule has 158 valence electrons. The molecule has 2 amide bonds. The summed E-state index contributed by atoms with van der Waals surface area (Å²) in [6.45, 7) is 8.38. The van der Waals surface area contributed by atoms with E-state index < -0.39 is 5.25 Å². The predicted molar refractivity (Wildman–Crippen MR) is 123 cm³/mol. The quantitative estimate of drug-likeness (QED) is 0.734. The Balaban J connectivity index is 1.76. The van der Waals surface area contributed by atoms with E-state index in [0.29, 0.717) is 23.1 Å².